The first-order valence-corrected chi connectivity index (χ1v) is 13.7. The molecule has 0 aromatic heterocycles. The minimum absolute atomic E-state index is 0.136. The summed E-state index contributed by atoms with van der Waals surface area (Å²) in [6.07, 6.45) is 13.7. The van der Waals surface area contributed by atoms with Crippen molar-refractivity contribution in [2.24, 2.45) is 0 Å². The van der Waals surface area contributed by atoms with Crippen molar-refractivity contribution >= 4 is 5.97 Å². The van der Waals surface area contributed by atoms with Crippen LogP contribution >= 0.6 is 0 Å². The van der Waals surface area contributed by atoms with Crippen LogP contribution in [0.5, 0.6) is 0 Å². The zero-order chi connectivity index (χ0) is 29.3. The van der Waals surface area contributed by atoms with Crippen LogP contribution in [0, 0.1) is 0 Å². The van der Waals surface area contributed by atoms with E-state index < -0.39 is 61.6 Å². The molecule has 9 atom stereocenters. The maximum Gasteiger partial charge on any atom is 0.331 e. The average molecular weight is 565 g/mol. The highest BCUT2D eigenvalue weighted by Gasteiger charge is 2.44. The summed E-state index contributed by atoms with van der Waals surface area (Å²) in [6.45, 7) is 1.26. The Kier molecular flexibility index (Phi) is 15.9. The fourth-order valence-electron chi connectivity index (χ4n) is 4.09. The lowest BCUT2D eigenvalue weighted by atomic mass is 9.99. The van der Waals surface area contributed by atoms with Crippen molar-refractivity contribution in [1.82, 2.24) is 0 Å². The van der Waals surface area contributed by atoms with Gasteiger partial charge in [-0.2, -0.15) is 0 Å². The zero-order valence-corrected chi connectivity index (χ0v) is 22.9. The molecule has 10 nitrogen and oxygen atoms in total. The molecule has 224 valence electrons. The molecule has 0 aliphatic carbocycles. The first kappa shape index (κ1) is 33.8. The Morgan fingerprint density at radius 3 is 2.35 bits per heavy atom. The minimum Gasteiger partial charge on any atom is -0.460 e. The number of rotatable bonds is 3. The molecule has 0 unspecified atom stereocenters. The van der Waals surface area contributed by atoms with E-state index in [4.69, 9.17) is 14.2 Å². The minimum atomic E-state index is -1.57. The topological polar surface area (TPSA) is 166 Å². The van der Waals surface area contributed by atoms with Gasteiger partial charge in [0.25, 0.3) is 0 Å². The Bertz CT molecular complexity index is 906. The fraction of sp³-hybridized carbons (Fsp3) is 0.567. The first-order chi connectivity index (χ1) is 19.2. The van der Waals surface area contributed by atoms with Crippen LogP contribution in [0.4, 0.5) is 0 Å². The van der Waals surface area contributed by atoms with Gasteiger partial charge in [-0.05, 0) is 39.0 Å². The van der Waals surface area contributed by atoms with Crippen LogP contribution in [0.3, 0.4) is 0 Å². The van der Waals surface area contributed by atoms with Crippen LogP contribution in [0.25, 0.3) is 0 Å². The molecule has 10 heteroatoms. The lowest BCUT2D eigenvalue weighted by molar-refractivity contribution is -0.308. The number of allylic oxidation sites excluding steroid dienone is 7. The smallest absolute Gasteiger partial charge is 0.331 e. The maximum absolute atomic E-state index is 11.9. The second-order valence-electron chi connectivity index (χ2n) is 9.89. The number of ether oxygens (including phenoxy) is 3. The predicted octanol–water partition coefficient (Wildman–Crippen LogP) is 1.52. The fourth-order valence-corrected chi connectivity index (χ4v) is 4.09. The van der Waals surface area contributed by atoms with Crippen LogP contribution in [-0.2, 0) is 19.0 Å². The van der Waals surface area contributed by atoms with E-state index in [9.17, 15) is 35.4 Å². The van der Waals surface area contributed by atoms with Gasteiger partial charge in [0.15, 0.2) is 6.29 Å². The second kappa shape index (κ2) is 18.8. The molecule has 2 heterocycles. The first-order valence-electron chi connectivity index (χ1n) is 13.7. The van der Waals surface area contributed by atoms with Crippen LogP contribution in [-0.4, -0.2) is 98.3 Å². The molecule has 1 fully saturated rings. The summed E-state index contributed by atoms with van der Waals surface area (Å²) < 4.78 is 16.7. The molecular formula is C30H44O10. The van der Waals surface area contributed by atoms with E-state index in [1.807, 2.05) is 19.1 Å². The van der Waals surface area contributed by atoms with Crippen molar-refractivity contribution in [1.29, 1.82) is 0 Å². The highest BCUT2D eigenvalue weighted by molar-refractivity contribution is 5.82. The van der Waals surface area contributed by atoms with Crippen molar-refractivity contribution in [2.45, 2.75) is 101 Å². The molecule has 2 aliphatic rings. The molecule has 0 aromatic rings. The highest BCUT2D eigenvalue weighted by atomic mass is 16.7. The summed E-state index contributed by atoms with van der Waals surface area (Å²) in [5, 5.41) is 60.6. The van der Waals surface area contributed by atoms with Gasteiger partial charge in [0.1, 0.15) is 24.4 Å². The quantitative estimate of drug-likeness (QED) is 0.277. The molecular weight excluding hydrogens is 520 g/mol. The summed E-state index contributed by atoms with van der Waals surface area (Å²) in [4.78, 5) is 11.9. The molecule has 0 radical (unpaired) electrons. The molecule has 0 amide bonds. The Labute approximate surface area is 235 Å². The third-order valence-corrected chi connectivity index (χ3v) is 6.38. The van der Waals surface area contributed by atoms with Gasteiger partial charge in [0.05, 0.1) is 31.0 Å². The van der Waals surface area contributed by atoms with Gasteiger partial charge in [0.2, 0.25) is 0 Å². The van der Waals surface area contributed by atoms with Crippen molar-refractivity contribution < 1.29 is 49.6 Å². The van der Waals surface area contributed by atoms with Crippen LogP contribution in [0.2, 0.25) is 0 Å². The standard InChI is InChI=1S/C30H44O10/c1-21-13-7-3-2-4-11-17-24(39-30-29(37)28(36)27(35)25(20-31)40-30)19-23(33)16-10-5-8-14-22(32)15-9-6-12-18-26(34)38-21/h2,4-6,8-12,14,17-18,21-25,27-33,35-37H,3,7,13,15-16,19-20H2,1H3/b4-2+,9-6+,10-5-,14-8+,17-11+,18-12-/t21-,22-,23+,24+,25+,27+,28-,29+,30+/m1/s1. The number of hydrogen-bond acceptors (Lipinski definition) is 10. The monoisotopic (exact) mass is 564 g/mol. The van der Waals surface area contributed by atoms with Crippen molar-refractivity contribution in [3.05, 3.63) is 72.9 Å². The van der Waals surface area contributed by atoms with Gasteiger partial charge in [-0.15, -0.1) is 0 Å². The third kappa shape index (κ3) is 12.8. The largest absolute Gasteiger partial charge is 0.460 e. The number of esters is 1. The Morgan fingerprint density at radius 1 is 0.875 bits per heavy atom. The molecule has 2 rings (SSSR count). The van der Waals surface area contributed by atoms with E-state index in [0.717, 1.165) is 12.8 Å². The van der Waals surface area contributed by atoms with E-state index in [1.165, 1.54) is 6.08 Å². The van der Waals surface area contributed by atoms with Gasteiger partial charge >= 0.3 is 5.97 Å². The molecule has 0 saturated carbocycles. The number of carbonyl (C=O) groups is 1. The lowest BCUT2D eigenvalue weighted by Gasteiger charge is -2.40. The lowest BCUT2D eigenvalue weighted by Crippen LogP contribution is -2.59. The zero-order valence-electron chi connectivity index (χ0n) is 22.9. The van der Waals surface area contributed by atoms with E-state index in [2.05, 4.69) is 0 Å². The van der Waals surface area contributed by atoms with Crippen molar-refractivity contribution in [3.63, 3.8) is 0 Å². The summed E-state index contributed by atoms with van der Waals surface area (Å²) in [5.74, 6) is -0.428. The van der Waals surface area contributed by atoms with E-state index in [-0.39, 0.29) is 18.9 Å². The van der Waals surface area contributed by atoms with Gasteiger partial charge < -0.3 is 44.8 Å². The molecule has 40 heavy (non-hydrogen) atoms. The molecule has 0 bridgehead atoms. The molecule has 0 spiro atoms. The van der Waals surface area contributed by atoms with Gasteiger partial charge in [-0.3, -0.25) is 0 Å². The van der Waals surface area contributed by atoms with Gasteiger partial charge in [-0.1, -0.05) is 66.8 Å². The third-order valence-electron chi connectivity index (χ3n) is 6.38. The number of aliphatic hydroxyl groups excluding tert-OH is 6. The molecule has 6 N–H and O–H groups in total. The summed E-state index contributed by atoms with van der Waals surface area (Å²) in [5.41, 5.74) is 0. The summed E-state index contributed by atoms with van der Waals surface area (Å²) >= 11 is 0. The number of cyclic esters (lactones) is 1. The Hall–Kier alpha value is -2.41. The van der Waals surface area contributed by atoms with Gasteiger partial charge in [-0.25, -0.2) is 4.79 Å². The Morgan fingerprint density at radius 2 is 1.57 bits per heavy atom. The van der Waals surface area contributed by atoms with Crippen LogP contribution < -0.4 is 0 Å². The van der Waals surface area contributed by atoms with Crippen molar-refractivity contribution in [3.8, 4) is 0 Å². The van der Waals surface area contributed by atoms with Crippen LogP contribution in [0.1, 0.15) is 45.4 Å². The number of hydrogen-bond donors (Lipinski definition) is 6. The molecule has 2 aliphatic heterocycles. The van der Waals surface area contributed by atoms with E-state index in [0.29, 0.717) is 12.8 Å². The van der Waals surface area contributed by atoms with E-state index in [1.54, 1.807) is 54.7 Å². The summed E-state index contributed by atoms with van der Waals surface area (Å²) in [6, 6.07) is 0. The molecule has 0 aromatic carbocycles. The maximum atomic E-state index is 11.9. The normalized spacial score (nSPS) is 40.6. The van der Waals surface area contributed by atoms with E-state index >= 15 is 0 Å². The number of aliphatic hydroxyl groups is 6. The summed E-state index contributed by atoms with van der Waals surface area (Å²) in [7, 11) is 0. The number of carbonyl (C=O) groups excluding carboxylic acids is 1. The Balaban J connectivity index is 2.10. The second-order valence-corrected chi connectivity index (χ2v) is 9.89. The van der Waals surface area contributed by atoms with Gasteiger partial charge in [0, 0.05) is 12.5 Å². The average Bonchev–Trinajstić information content (AvgIpc) is 2.91. The molecule has 1 saturated heterocycles. The predicted molar refractivity (Wildman–Crippen MR) is 149 cm³/mol. The highest BCUT2D eigenvalue weighted by Crippen LogP contribution is 2.24. The van der Waals surface area contributed by atoms with Crippen molar-refractivity contribution in [2.75, 3.05) is 6.61 Å². The SMILES string of the molecule is C[C@@H]1CCC/C=C/C=C/[C@H](O[C@H]2O[C@@H](CO)[C@H](O)[C@@H](O)[C@@H]2O)C[C@@H](O)C/C=C\C=C\[C@@H](O)C/C=C/C=C\C(=O)O1. The van der Waals surface area contributed by atoms with Crippen LogP contribution in [0.15, 0.2) is 72.9 Å².